The monoisotopic (exact) mass is 520 g/mol. The Bertz CT molecular complexity index is 1490. The Hall–Kier alpha value is -3.86. The van der Waals surface area contributed by atoms with E-state index in [0.717, 1.165) is 49.1 Å². The molecular formula is C27H27F3N8. The molecule has 2 fully saturated rings. The number of anilines is 3. The highest BCUT2D eigenvalue weighted by Crippen LogP contribution is 2.41. The van der Waals surface area contributed by atoms with Crippen molar-refractivity contribution >= 4 is 28.4 Å². The van der Waals surface area contributed by atoms with Gasteiger partial charge in [0.25, 0.3) is 5.95 Å². The van der Waals surface area contributed by atoms with E-state index in [0.29, 0.717) is 29.3 Å². The molecule has 1 saturated carbocycles. The van der Waals surface area contributed by atoms with E-state index >= 15 is 0 Å². The van der Waals surface area contributed by atoms with Crippen LogP contribution in [0.4, 0.5) is 30.6 Å². The summed E-state index contributed by atoms with van der Waals surface area (Å²) in [7, 11) is 0. The molecule has 0 aromatic carbocycles. The molecule has 1 aliphatic carbocycles. The molecule has 8 nitrogen and oxygen atoms in total. The van der Waals surface area contributed by atoms with Crippen LogP contribution in [-0.2, 0) is 0 Å². The van der Waals surface area contributed by atoms with E-state index < -0.39 is 23.4 Å². The second-order valence-corrected chi connectivity index (χ2v) is 10.0. The Kier molecular flexibility index (Phi) is 6.52. The van der Waals surface area contributed by atoms with E-state index in [1.807, 2.05) is 6.20 Å². The summed E-state index contributed by atoms with van der Waals surface area (Å²) in [5.74, 6) is -2.00. The highest BCUT2D eigenvalue weighted by atomic mass is 19.2. The number of halogens is 3. The lowest BCUT2D eigenvalue weighted by Gasteiger charge is -2.32. The van der Waals surface area contributed by atoms with Gasteiger partial charge in [0.15, 0.2) is 23.3 Å². The number of rotatable bonds is 6. The third-order valence-electron chi connectivity index (χ3n) is 7.44. The second-order valence-electron chi connectivity index (χ2n) is 10.0. The minimum atomic E-state index is -1.40. The molecule has 0 radical (unpaired) electrons. The maximum absolute atomic E-state index is 14.2. The summed E-state index contributed by atoms with van der Waals surface area (Å²) in [4.78, 5) is 21.8. The fraction of sp³-hybridized carbons (Fsp3) is 0.370. The van der Waals surface area contributed by atoms with Crippen molar-refractivity contribution in [1.82, 2.24) is 30.2 Å². The molecule has 4 aromatic heterocycles. The summed E-state index contributed by atoms with van der Waals surface area (Å²) in [5.41, 5.74) is 2.52. The van der Waals surface area contributed by atoms with Crippen LogP contribution < -0.4 is 16.0 Å². The van der Waals surface area contributed by atoms with Crippen molar-refractivity contribution in [3.05, 3.63) is 59.9 Å². The van der Waals surface area contributed by atoms with Crippen LogP contribution in [-0.4, -0.2) is 44.1 Å². The number of fused-ring (bicyclic) bond motifs is 1. The zero-order valence-electron chi connectivity index (χ0n) is 20.8. The van der Waals surface area contributed by atoms with Crippen LogP contribution >= 0.6 is 0 Å². The number of piperidine rings is 1. The topological polar surface area (TPSA) is 101 Å². The van der Waals surface area contributed by atoms with Crippen LogP contribution in [0.25, 0.3) is 22.3 Å². The minimum Gasteiger partial charge on any atom is -0.366 e. The Morgan fingerprint density at radius 2 is 1.84 bits per heavy atom. The van der Waals surface area contributed by atoms with Crippen LogP contribution in [0.2, 0.25) is 0 Å². The van der Waals surface area contributed by atoms with Crippen molar-refractivity contribution in [3.63, 3.8) is 0 Å². The van der Waals surface area contributed by atoms with Crippen LogP contribution in [0.15, 0.2) is 36.8 Å². The van der Waals surface area contributed by atoms with Crippen molar-refractivity contribution in [2.24, 2.45) is 5.92 Å². The predicted octanol–water partition coefficient (Wildman–Crippen LogP) is 5.32. The first-order chi connectivity index (χ1) is 18.5. The van der Waals surface area contributed by atoms with Gasteiger partial charge in [-0.25, -0.2) is 23.7 Å². The van der Waals surface area contributed by atoms with Gasteiger partial charge in [-0.05, 0) is 61.9 Å². The van der Waals surface area contributed by atoms with Gasteiger partial charge in [0.1, 0.15) is 11.6 Å². The van der Waals surface area contributed by atoms with Gasteiger partial charge in [0, 0.05) is 35.5 Å². The third kappa shape index (κ3) is 4.73. The summed E-state index contributed by atoms with van der Waals surface area (Å²) in [6.45, 7) is 4.08. The number of nitrogens with zero attached hydrogens (tertiary/aromatic N) is 5. The van der Waals surface area contributed by atoms with Gasteiger partial charge in [-0.3, -0.25) is 4.98 Å². The Labute approximate surface area is 217 Å². The van der Waals surface area contributed by atoms with E-state index in [9.17, 15) is 13.2 Å². The molecule has 2 aliphatic rings. The van der Waals surface area contributed by atoms with E-state index in [1.54, 1.807) is 18.3 Å². The molecular weight excluding hydrogens is 493 g/mol. The molecule has 6 rings (SSSR count). The Balaban J connectivity index is 1.40. The second kappa shape index (κ2) is 10.1. The maximum atomic E-state index is 14.2. The lowest BCUT2D eigenvalue weighted by atomic mass is 9.79. The average molecular weight is 521 g/mol. The lowest BCUT2D eigenvalue weighted by Crippen LogP contribution is -2.42. The first-order valence-electron chi connectivity index (χ1n) is 12.8. The molecule has 0 amide bonds. The Morgan fingerprint density at radius 1 is 0.974 bits per heavy atom. The molecule has 5 heterocycles. The van der Waals surface area contributed by atoms with E-state index in [2.05, 4.69) is 37.8 Å². The molecule has 11 heteroatoms. The molecule has 0 spiro atoms. The van der Waals surface area contributed by atoms with Crippen molar-refractivity contribution in [2.45, 2.75) is 44.6 Å². The van der Waals surface area contributed by atoms with E-state index in [1.165, 1.54) is 18.2 Å². The molecule has 0 bridgehead atoms. The summed E-state index contributed by atoms with van der Waals surface area (Å²) < 4.78 is 41.0. The van der Waals surface area contributed by atoms with Crippen LogP contribution in [0.5, 0.6) is 0 Å². The van der Waals surface area contributed by atoms with Crippen molar-refractivity contribution in [1.29, 1.82) is 0 Å². The number of hydrogen-bond acceptors (Lipinski definition) is 8. The maximum Gasteiger partial charge on any atom is 0.251 e. The summed E-state index contributed by atoms with van der Waals surface area (Å²) >= 11 is 0. The van der Waals surface area contributed by atoms with Gasteiger partial charge in [-0.2, -0.15) is 9.37 Å². The standard InChI is InChI=1S/C27H27F3N8/c1-14-11-31-7-6-20(14)34-27-23-17(15-3-2-4-15)12-32-13-21(23)35-25(38-27)16-5-8-33-22(9-16)36-26-19(29)10-18(28)24(30)37-26/h5,8-10,12-15,20,31H,2-4,6-7,11H2,1H3,(H,33,36,37)(H,34,35,38). The Morgan fingerprint density at radius 3 is 2.63 bits per heavy atom. The van der Waals surface area contributed by atoms with Crippen LogP contribution in [0.3, 0.4) is 0 Å². The molecule has 4 aromatic rings. The van der Waals surface area contributed by atoms with Gasteiger partial charge in [-0.15, -0.1) is 0 Å². The van der Waals surface area contributed by atoms with Crippen molar-refractivity contribution in [2.75, 3.05) is 23.7 Å². The van der Waals surface area contributed by atoms with E-state index in [4.69, 9.17) is 9.97 Å². The summed E-state index contributed by atoms with van der Waals surface area (Å²) in [6.07, 6.45) is 9.62. The first kappa shape index (κ1) is 24.5. The predicted molar refractivity (Wildman–Crippen MR) is 139 cm³/mol. The fourth-order valence-electron chi connectivity index (χ4n) is 5.07. The zero-order valence-corrected chi connectivity index (χ0v) is 20.8. The summed E-state index contributed by atoms with van der Waals surface area (Å²) in [5, 5.41) is 10.8. The number of aromatic nitrogens is 5. The average Bonchev–Trinajstić information content (AvgIpc) is 2.88. The van der Waals surface area contributed by atoms with Gasteiger partial charge in [-0.1, -0.05) is 13.3 Å². The van der Waals surface area contributed by atoms with E-state index in [-0.39, 0.29) is 11.9 Å². The van der Waals surface area contributed by atoms with Gasteiger partial charge in [0.05, 0.1) is 11.7 Å². The fourth-order valence-corrected chi connectivity index (χ4v) is 5.07. The molecule has 196 valence electrons. The van der Waals surface area contributed by atoms with Crippen molar-refractivity contribution in [3.8, 4) is 11.4 Å². The smallest absolute Gasteiger partial charge is 0.251 e. The molecule has 1 saturated heterocycles. The minimum absolute atomic E-state index is 0.187. The highest BCUT2D eigenvalue weighted by Gasteiger charge is 2.27. The zero-order chi connectivity index (χ0) is 26.2. The highest BCUT2D eigenvalue weighted by molar-refractivity contribution is 5.93. The quantitative estimate of drug-likeness (QED) is 0.294. The number of hydrogen-bond donors (Lipinski definition) is 3. The molecule has 3 N–H and O–H groups in total. The van der Waals surface area contributed by atoms with Crippen molar-refractivity contribution < 1.29 is 13.2 Å². The molecule has 2 atom stereocenters. The SMILES string of the molecule is CC1CNCCC1Nc1nc(-c2ccnc(Nc3nc(F)c(F)cc3F)c2)nc2cncc(C3CCC3)c12. The first-order valence-corrected chi connectivity index (χ1v) is 12.8. The van der Waals surface area contributed by atoms with Gasteiger partial charge >= 0.3 is 0 Å². The van der Waals surface area contributed by atoms with Crippen LogP contribution in [0.1, 0.15) is 44.1 Å². The molecule has 2 unspecified atom stereocenters. The van der Waals surface area contributed by atoms with Gasteiger partial charge in [0.2, 0.25) is 0 Å². The lowest BCUT2D eigenvalue weighted by molar-refractivity contribution is 0.368. The molecule has 1 aliphatic heterocycles. The summed E-state index contributed by atoms with van der Waals surface area (Å²) in [6, 6.07) is 4.04. The van der Waals surface area contributed by atoms with Crippen LogP contribution in [0, 0.1) is 23.5 Å². The largest absolute Gasteiger partial charge is 0.366 e. The normalized spacial score (nSPS) is 19.8. The number of pyridine rings is 3. The van der Waals surface area contributed by atoms with Gasteiger partial charge < -0.3 is 16.0 Å². The third-order valence-corrected chi connectivity index (χ3v) is 7.44. The molecule has 38 heavy (non-hydrogen) atoms. The number of nitrogens with one attached hydrogen (secondary N) is 3.